The largest absolute Gasteiger partial charge is 0.501 e. The summed E-state index contributed by atoms with van der Waals surface area (Å²) < 4.78 is 12.3. The summed E-state index contributed by atoms with van der Waals surface area (Å²) in [4.78, 5) is 0. The molecule has 0 heterocycles. The van der Waals surface area contributed by atoms with Gasteiger partial charge >= 0.3 is 0 Å². The van der Waals surface area contributed by atoms with Crippen molar-refractivity contribution >= 4 is 0 Å². The molecule has 0 saturated heterocycles. The average molecular weight is 111 g/mol. The maximum atomic E-state index is 7.38. The standard InChI is InChI=1S/C7H10O/c1-8-7-5-3-2-4-6-7/h2-3,5H,4,6H2,1H3/i6D. The summed E-state index contributed by atoms with van der Waals surface area (Å²) >= 11 is 0. The molecule has 0 aliphatic heterocycles. The fourth-order valence-electron chi connectivity index (χ4n) is 0.645. The Hall–Kier alpha value is -0.720. The Morgan fingerprint density at radius 1 is 1.88 bits per heavy atom. The highest BCUT2D eigenvalue weighted by molar-refractivity contribution is 5.12. The van der Waals surface area contributed by atoms with Crippen LogP contribution in [0.3, 0.4) is 0 Å². The van der Waals surface area contributed by atoms with Crippen LogP contribution < -0.4 is 0 Å². The fraction of sp³-hybridized carbons (Fsp3) is 0.429. The molecule has 0 fully saturated rings. The molecule has 1 heteroatoms. The van der Waals surface area contributed by atoms with Crippen LogP contribution in [0.2, 0.25) is 0 Å². The molecule has 1 rings (SSSR count). The second-order valence-electron chi connectivity index (χ2n) is 1.64. The SMILES string of the molecule is [2H]C1CC=CC=C1OC. The third kappa shape index (κ3) is 1.12. The molecule has 0 aromatic heterocycles. The van der Waals surface area contributed by atoms with E-state index in [-0.39, 0.29) is 6.40 Å². The van der Waals surface area contributed by atoms with E-state index in [9.17, 15) is 0 Å². The second kappa shape index (κ2) is 2.55. The maximum Gasteiger partial charge on any atom is 0.0958 e. The van der Waals surface area contributed by atoms with Crippen molar-refractivity contribution in [3.63, 3.8) is 0 Å². The molecule has 8 heavy (non-hydrogen) atoms. The summed E-state index contributed by atoms with van der Waals surface area (Å²) in [6, 6.07) is 0. The first-order chi connectivity index (χ1) is 4.34. The molecule has 0 spiro atoms. The molecule has 0 aromatic carbocycles. The monoisotopic (exact) mass is 111 g/mol. The van der Waals surface area contributed by atoms with E-state index in [1.54, 1.807) is 7.11 Å². The Bertz CT molecular complexity index is 149. The minimum absolute atomic E-state index is 0.181. The average Bonchev–Trinajstić information content (AvgIpc) is 1.89. The normalized spacial score (nSPS) is 28.9. The number of ether oxygens (including phenoxy) is 1. The molecule has 0 bridgehead atoms. The van der Waals surface area contributed by atoms with Gasteiger partial charge in [-0.25, -0.2) is 0 Å². The summed E-state index contributed by atoms with van der Waals surface area (Å²) in [5, 5.41) is 0. The molecule has 1 atom stereocenters. The third-order valence-electron chi connectivity index (χ3n) is 1.09. The number of methoxy groups -OCH3 is 1. The van der Waals surface area contributed by atoms with Crippen LogP contribution in [0, 0.1) is 0 Å². The Morgan fingerprint density at radius 2 is 2.75 bits per heavy atom. The molecule has 44 valence electrons. The highest BCUT2D eigenvalue weighted by Gasteiger charge is 1.94. The molecule has 0 amide bonds. The molecular weight excluding hydrogens is 100 g/mol. The molecule has 0 radical (unpaired) electrons. The van der Waals surface area contributed by atoms with Gasteiger partial charge in [0.2, 0.25) is 0 Å². The van der Waals surface area contributed by atoms with Crippen molar-refractivity contribution in [3.05, 3.63) is 24.0 Å². The molecule has 1 nitrogen and oxygen atoms in total. The van der Waals surface area contributed by atoms with Crippen LogP contribution in [0.15, 0.2) is 24.0 Å². The molecular formula is C7H10O. The van der Waals surface area contributed by atoms with Crippen LogP contribution in [0.5, 0.6) is 0 Å². The van der Waals surface area contributed by atoms with Crippen molar-refractivity contribution in [1.29, 1.82) is 0 Å². The van der Waals surface area contributed by atoms with Gasteiger partial charge in [-0.05, 0) is 12.5 Å². The maximum absolute atomic E-state index is 7.38. The zero-order valence-corrected chi connectivity index (χ0v) is 4.92. The zero-order valence-electron chi connectivity index (χ0n) is 5.92. The quantitative estimate of drug-likeness (QED) is 0.502. The van der Waals surface area contributed by atoms with Gasteiger partial charge in [-0.15, -0.1) is 0 Å². The number of hydrogen-bond donors (Lipinski definition) is 0. The number of allylic oxidation sites excluding steroid dienone is 4. The van der Waals surface area contributed by atoms with Crippen molar-refractivity contribution in [2.45, 2.75) is 12.8 Å². The van der Waals surface area contributed by atoms with Gasteiger partial charge in [-0.3, -0.25) is 0 Å². The lowest BCUT2D eigenvalue weighted by Crippen LogP contribution is -1.87. The van der Waals surface area contributed by atoms with Crippen molar-refractivity contribution in [2.75, 3.05) is 7.11 Å². The summed E-state index contributed by atoms with van der Waals surface area (Å²) in [6.45, 7) is 0. The van der Waals surface area contributed by atoms with E-state index in [1.807, 2.05) is 18.2 Å². The molecule has 1 aliphatic carbocycles. The topological polar surface area (TPSA) is 9.23 Å². The molecule has 1 unspecified atom stereocenters. The van der Waals surface area contributed by atoms with E-state index < -0.39 is 0 Å². The Balaban J connectivity index is 2.63. The van der Waals surface area contributed by atoms with Crippen LogP contribution in [0.1, 0.15) is 14.2 Å². The van der Waals surface area contributed by atoms with Gasteiger partial charge in [0.1, 0.15) is 0 Å². The van der Waals surface area contributed by atoms with Gasteiger partial charge in [0, 0.05) is 7.77 Å². The number of rotatable bonds is 1. The summed E-state index contributed by atoms with van der Waals surface area (Å²) in [5.74, 6) is 0.762. The Morgan fingerprint density at radius 3 is 3.25 bits per heavy atom. The van der Waals surface area contributed by atoms with Gasteiger partial charge in [-0.2, -0.15) is 0 Å². The first-order valence-electron chi connectivity index (χ1n) is 3.25. The molecule has 1 aliphatic rings. The highest BCUT2D eigenvalue weighted by atomic mass is 16.5. The fourth-order valence-corrected chi connectivity index (χ4v) is 0.645. The van der Waals surface area contributed by atoms with Crippen LogP contribution in [0.25, 0.3) is 0 Å². The lowest BCUT2D eigenvalue weighted by Gasteiger charge is -2.05. The number of hydrogen-bond acceptors (Lipinski definition) is 1. The Labute approximate surface area is 51.1 Å². The highest BCUT2D eigenvalue weighted by Crippen LogP contribution is 2.10. The smallest absolute Gasteiger partial charge is 0.0958 e. The summed E-state index contributed by atoms with van der Waals surface area (Å²) in [5.41, 5.74) is 0. The lowest BCUT2D eigenvalue weighted by atomic mass is 10.2. The summed E-state index contributed by atoms with van der Waals surface area (Å²) in [6.07, 6.45) is 6.32. The predicted octanol–water partition coefficient (Wildman–Crippen LogP) is 1.87. The van der Waals surface area contributed by atoms with Crippen molar-refractivity contribution in [1.82, 2.24) is 0 Å². The van der Waals surface area contributed by atoms with Crippen LogP contribution >= 0.6 is 0 Å². The Kier molecular flexibility index (Phi) is 1.34. The molecule has 0 saturated carbocycles. The molecule has 0 aromatic rings. The van der Waals surface area contributed by atoms with Crippen LogP contribution in [-0.4, -0.2) is 7.11 Å². The van der Waals surface area contributed by atoms with E-state index in [1.165, 1.54) is 0 Å². The minimum atomic E-state index is -0.181. The van der Waals surface area contributed by atoms with Gasteiger partial charge < -0.3 is 4.74 Å². The first kappa shape index (κ1) is 4.19. The predicted molar refractivity (Wildman–Crippen MR) is 33.5 cm³/mol. The van der Waals surface area contributed by atoms with Gasteiger partial charge in [-0.1, -0.05) is 12.2 Å². The van der Waals surface area contributed by atoms with Crippen LogP contribution in [0.4, 0.5) is 0 Å². The second-order valence-corrected chi connectivity index (χ2v) is 1.64. The van der Waals surface area contributed by atoms with Gasteiger partial charge in [0.05, 0.1) is 12.9 Å². The van der Waals surface area contributed by atoms with E-state index in [4.69, 9.17) is 6.11 Å². The minimum Gasteiger partial charge on any atom is -0.501 e. The van der Waals surface area contributed by atoms with Crippen molar-refractivity contribution in [3.8, 4) is 0 Å². The van der Waals surface area contributed by atoms with Crippen molar-refractivity contribution < 1.29 is 6.11 Å². The first-order valence-corrected chi connectivity index (χ1v) is 2.67. The molecule has 0 N–H and O–H groups in total. The zero-order chi connectivity index (χ0) is 6.69. The van der Waals surface area contributed by atoms with Gasteiger partial charge in [0.15, 0.2) is 0 Å². The van der Waals surface area contributed by atoms with Gasteiger partial charge in [0.25, 0.3) is 0 Å². The van der Waals surface area contributed by atoms with Crippen LogP contribution in [-0.2, 0) is 4.74 Å². The van der Waals surface area contributed by atoms with E-state index in [0.29, 0.717) is 0 Å². The third-order valence-corrected chi connectivity index (χ3v) is 1.09. The lowest BCUT2D eigenvalue weighted by molar-refractivity contribution is 0.276. The van der Waals surface area contributed by atoms with Crippen molar-refractivity contribution in [2.24, 2.45) is 0 Å². The van der Waals surface area contributed by atoms with E-state index in [2.05, 4.69) is 0 Å². The summed E-state index contributed by atoms with van der Waals surface area (Å²) in [7, 11) is 1.60. The van der Waals surface area contributed by atoms with E-state index in [0.717, 1.165) is 12.2 Å². The van der Waals surface area contributed by atoms with E-state index >= 15 is 0 Å².